The van der Waals surface area contributed by atoms with E-state index in [0.29, 0.717) is 24.0 Å². The van der Waals surface area contributed by atoms with Crippen LogP contribution < -0.4 is 10.6 Å². The second kappa shape index (κ2) is 10.4. The topological polar surface area (TPSA) is 81.8 Å². The third kappa shape index (κ3) is 6.42. The minimum absolute atomic E-state index is 0.0972. The normalized spacial score (nSPS) is 16.0. The highest BCUT2D eigenvalue weighted by Gasteiger charge is 2.35. The van der Waals surface area contributed by atoms with Crippen LogP contribution in [0.5, 0.6) is 0 Å². The Hall–Kier alpha value is -2.67. The van der Waals surface area contributed by atoms with Crippen molar-refractivity contribution in [2.75, 3.05) is 30.3 Å². The molecule has 0 aliphatic heterocycles. The third-order valence-corrected chi connectivity index (χ3v) is 5.42. The smallest absolute Gasteiger partial charge is 0.241 e. The number of rotatable bonds is 9. The zero-order valence-electron chi connectivity index (χ0n) is 17.9. The second-order valence-corrected chi connectivity index (χ2v) is 8.05. The van der Waals surface area contributed by atoms with Gasteiger partial charge in [0, 0.05) is 30.0 Å². The summed E-state index contributed by atoms with van der Waals surface area (Å²) in [6.45, 7) is 4.44. The van der Waals surface area contributed by atoms with E-state index in [1.807, 2.05) is 16.7 Å². The van der Waals surface area contributed by atoms with Crippen LogP contribution in [0.25, 0.3) is 0 Å². The number of benzene rings is 1. The maximum absolute atomic E-state index is 13.0. The van der Waals surface area contributed by atoms with E-state index in [4.69, 9.17) is 0 Å². The molecule has 2 aliphatic carbocycles. The molecule has 0 radical (unpaired) electrons. The molecule has 1 aromatic carbocycles. The summed E-state index contributed by atoms with van der Waals surface area (Å²) in [5.74, 6) is -0.203. The molecular weight excluding hydrogens is 380 g/mol. The number of amides is 3. The first-order valence-electron chi connectivity index (χ1n) is 10.9. The van der Waals surface area contributed by atoms with Gasteiger partial charge in [-0.15, -0.1) is 0 Å². The number of allylic oxidation sites excluding steroid dienone is 2. The first-order chi connectivity index (χ1) is 14.5. The molecule has 7 heteroatoms. The fourth-order valence-electron chi connectivity index (χ4n) is 3.76. The van der Waals surface area contributed by atoms with Crippen LogP contribution in [0.1, 0.15) is 52.4 Å². The highest BCUT2D eigenvalue weighted by atomic mass is 16.2. The number of likely N-dealkylation sites (N-methyl/N-ethyl adjacent to an activating group) is 1. The first kappa shape index (κ1) is 22.0. The molecule has 0 aromatic heterocycles. The Morgan fingerprint density at radius 3 is 2.20 bits per heavy atom. The van der Waals surface area contributed by atoms with Crippen molar-refractivity contribution < 1.29 is 14.4 Å². The van der Waals surface area contributed by atoms with E-state index >= 15 is 0 Å². The van der Waals surface area contributed by atoms with Gasteiger partial charge in [0.15, 0.2) is 0 Å². The molecule has 1 fully saturated rings. The molecule has 30 heavy (non-hydrogen) atoms. The first-order valence-corrected chi connectivity index (χ1v) is 10.9. The number of carbonyl (C=O) groups excluding carboxylic acids is 3. The van der Waals surface area contributed by atoms with E-state index in [1.54, 1.807) is 24.3 Å². The molecule has 3 rings (SSSR count). The van der Waals surface area contributed by atoms with Gasteiger partial charge in [0.05, 0.1) is 13.1 Å². The van der Waals surface area contributed by atoms with Gasteiger partial charge in [-0.1, -0.05) is 13.0 Å². The van der Waals surface area contributed by atoms with E-state index in [9.17, 15) is 14.4 Å². The highest BCUT2D eigenvalue weighted by molar-refractivity contribution is 5.93. The molecule has 7 nitrogen and oxygen atoms in total. The summed E-state index contributed by atoms with van der Waals surface area (Å²) < 4.78 is 0. The molecule has 1 saturated carbocycles. The van der Waals surface area contributed by atoms with Gasteiger partial charge < -0.3 is 15.5 Å². The van der Waals surface area contributed by atoms with Crippen molar-refractivity contribution in [1.82, 2.24) is 9.80 Å². The van der Waals surface area contributed by atoms with Gasteiger partial charge in [0.1, 0.15) is 0 Å². The van der Waals surface area contributed by atoms with E-state index in [0.717, 1.165) is 32.1 Å². The van der Waals surface area contributed by atoms with Gasteiger partial charge >= 0.3 is 0 Å². The van der Waals surface area contributed by atoms with Crippen LogP contribution in [-0.2, 0) is 14.4 Å². The summed E-state index contributed by atoms with van der Waals surface area (Å²) in [5.41, 5.74) is 2.51. The lowest BCUT2D eigenvalue weighted by Crippen LogP contribution is -2.43. The highest BCUT2D eigenvalue weighted by Crippen LogP contribution is 2.33. The minimum atomic E-state index is -0.160. The van der Waals surface area contributed by atoms with E-state index in [2.05, 4.69) is 16.7 Å². The van der Waals surface area contributed by atoms with Crippen molar-refractivity contribution in [3.05, 3.63) is 36.0 Å². The monoisotopic (exact) mass is 412 g/mol. The van der Waals surface area contributed by atoms with Gasteiger partial charge in [0.25, 0.3) is 0 Å². The molecule has 2 N–H and O–H groups in total. The maximum atomic E-state index is 13.0. The molecule has 0 atom stereocenters. The number of carbonyl (C=O) groups is 3. The summed E-state index contributed by atoms with van der Waals surface area (Å²) in [7, 11) is 0. The lowest BCUT2D eigenvalue weighted by atomic mass is 10.0. The summed E-state index contributed by atoms with van der Waals surface area (Å²) >= 11 is 0. The van der Waals surface area contributed by atoms with Crippen LogP contribution in [0.3, 0.4) is 0 Å². The Kier molecular flexibility index (Phi) is 7.63. The van der Waals surface area contributed by atoms with Crippen molar-refractivity contribution in [1.29, 1.82) is 0 Å². The number of hydrogen-bond acceptors (Lipinski definition) is 4. The molecular formula is C23H32N4O3. The van der Waals surface area contributed by atoms with Crippen LogP contribution in [0.4, 0.5) is 11.4 Å². The maximum Gasteiger partial charge on any atom is 0.241 e. The summed E-state index contributed by atoms with van der Waals surface area (Å²) in [6, 6.07) is 7.31. The zero-order valence-corrected chi connectivity index (χ0v) is 17.9. The Labute approximate surface area is 178 Å². The molecule has 0 saturated heterocycles. The minimum Gasteiger partial charge on any atom is -0.326 e. The quantitative estimate of drug-likeness (QED) is 0.652. The van der Waals surface area contributed by atoms with Gasteiger partial charge in [-0.3, -0.25) is 19.3 Å². The van der Waals surface area contributed by atoms with E-state index in [1.165, 1.54) is 19.0 Å². The Morgan fingerprint density at radius 1 is 1.00 bits per heavy atom. The Balaban J connectivity index is 1.53. The summed E-state index contributed by atoms with van der Waals surface area (Å²) in [6.07, 6.45) is 8.73. The zero-order chi connectivity index (χ0) is 21.5. The van der Waals surface area contributed by atoms with Gasteiger partial charge in [0.2, 0.25) is 17.7 Å². The molecule has 3 amide bonds. The van der Waals surface area contributed by atoms with Crippen LogP contribution in [0.2, 0.25) is 0 Å². The largest absolute Gasteiger partial charge is 0.326 e. The number of nitrogens with zero attached hydrogens (tertiary/aromatic N) is 2. The second-order valence-electron chi connectivity index (χ2n) is 8.05. The third-order valence-electron chi connectivity index (χ3n) is 5.42. The lowest BCUT2D eigenvalue weighted by Gasteiger charge is -2.30. The van der Waals surface area contributed by atoms with Gasteiger partial charge in [-0.25, -0.2) is 0 Å². The summed E-state index contributed by atoms with van der Waals surface area (Å²) in [5, 5.41) is 5.55. The standard InChI is InChI=1S/C23H32N4O3/c1-3-26(15-22(29)25-19-11-9-18(10-12-19)24-17(2)28)16-23(30)27(21-13-14-21)20-7-5-4-6-8-20/h7,9-12,21H,3-6,8,13-16H2,1-2H3,(H,24,28)(H,25,29). The fraction of sp³-hybridized carbons (Fsp3) is 0.522. The van der Waals surface area contributed by atoms with Crippen molar-refractivity contribution in [3.8, 4) is 0 Å². The molecule has 1 aromatic rings. The van der Waals surface area contributed by atoms with E-state index < -0.39 is 0 Å². The predicted octanol–water partition coefficient (Wildman–Crippen LogP) is 3.35. The van der Waals surface area contributed by atoms with Crippen molar-refractivity contribution in [2.45, 2.75) is 58.4 Å². The Bertz CT molecular complexity index is 799. The lowest BCUT2D eigenvalue weighted by molar-refractivity contribution is -0.131. The average Bonchev–Trinajstić information content (AvgIpc) is 3.54. The molecule has 0 heterocycles. The van der Waals surface area contributed by atoms with Crippen LogP contribution in [0.15, 0.2) is 36.0 Å². The average molecular weight is 413 g/mol. The van der Waals surface area contributed by atoms with Crippen LogP contribution >= 0.6 is 0 Å². The molecule has 0 unspecified atom stereocenters. The van der Waals surface area contributed by atoms with E-state index in [-0.39, 0.29) is 30.8 Å². The summed E-state index contributed by atoms with van der Waals surface area (Å²) in [4.78, 5) is 40.5. The van der Waals surface area contributed by atoms with Crippen molar-refractivity contribution >= 4 is 29.1 Å². The molecule has 0 bridgehead atoms. The van der Waals surface area contributed by atoms with Crippen molar-refractivity contribution in [2.24, 2.45) is 0 Å². The number of anilines is 2. The molecule has 0 spiro atoms. The van der Waals surface area contributed by atoms with Gasteiger partial charge in [-0.05, 0) is 69.3 Å². The number of hydrogen-bond donors (Lipinski definition) is 2. The van der Waals surface area contributed by atoms with Crippen molar-refractivity contribution in [3.63, 3.8) is 0 Å². The molecule has 2 aliphatic rings. The fourth-order valence-corrected chi connectivity index (χ4v) is 3.76. The Morgan fingerprint density at radius 2 is 1.67 bits per heavy atom. The van der Waals surface area contributed by atoms with Crippen LogP contribution in [0, 0.1) is 0 Å². The predicted molar refractivity (Wildman–Crippen MR) is 118 cm³/mol. The number of nitrogens with one attached hydrogen (secondary N) is 2. The van der Waals surface area contributed by atoms with Crippen LogP contribution in [-0.4, -0.2) is 53.2 Å². The molecule has 162 valence electrons. The SMILES string of the molecule is CCN(CC(=O)Nc1ccc(NC(C)=O)cc1)CC(=O)N(C1=CCCCC1)C1CC1. The van der Waals surface area contributed by atoms with Gasteiger partial charge in [-0.2, -0.15) is 0 Å².